The minimum absolute atomic E-state index is 0.122. The van der Waals surface area contributed by atoms with Gasteiger partial charge in [-0.1, -0.05) is 54.1 Å². The Morgan fingerprint density at radius 2 is 1.77 bits per heavy atom. The van der Waals surface area contributed by atoms with Gasteiger partial charge < -0.3 is 5.32 Å². The molecule has 0 aliphatic carbocycles. The van der Waals surface area contributed by atoms with Crippen LogP contribution in [-0.4, -0.2) is 23.9 Å². The summed E-state index contributed by atoms with van der Waals surface area (Å²) in [5.41, 5.74) is 2.36. The fourth-order valence-electron chi connectivity index (χ4n) is 2.75. The summed E-state index contributed by atoms with van der Waals surface area (Å²) in [5, 5.41) is 4.50. The fourth-order valence-corrected chi connectivity index (χ4v) is 4.18. The average Bonchev–Trinajstić information content (AvgIpc) is 2.98. The molecule has 1 N–H and O–H groups in total. The van der Waals surface area contributed by atoms with Crippen molar-refractivity contribution in [1.82, 2.24) is 10.2 Å². The van der Waals surface area contributed by atoms with Gasteiger partial charge >= 0.3 is 0 Å². The second-order valence-corrected chi connectivity index (χ2v) is 8.13. The Bertz CT molecular complexity index is 919. The van der Waals surface area contributed by atoms with E-state index >= 15 is 0 Å². The minimum Gasteiger partial charge on any atom is -0.347 e. The van der Waals surface area contributed by atoms with E-state index in [1.54, 1.807) is 0 Å². The molecule has 0 saturated heterocycles. The molecule has 1 heterocycles. The quantitative estimate of drug-likeness (QED) is 0.621. The number of hydrogen-bond donors (Lipinski definition) is 1. The van der Waals surface area contributed by atoms with Crippen LogP contribution in [0, 0.1) is 0 Å². The maximum Gasteiger partial charge on any atom is 0.263 e. The largest absolute Gasteiger partial charge is 0.347 e. The normalized spacial score (nSPS) is 11.5. The molecule has 26 heavy (non-hydrogen) atoms. The summed E-state index contributed by atoms with van der Waals surface area (Å²) in [4.78, 5) is 15.5. The SMILES string of the molecule is CC(C)N(C)Cc1ccccc1CNC(=O)c1sc2ccccc2c1Cl. The number of thiophene rings is 1. The zero-order valence-electron chi connectivity index (χ0n) is 15.3. The highest BCUT2D eigenvalue weighted by molar-refractivity contribution is 7.21. The van der Waals surface area contributed by atoms with Crippen LogP contribution in [0.2, 0.25) is 5.02 Å². The van der Waals surface area contributed by atoms with Crippen molar-refractivity contribution in [2.75, 3.05) is 7.05 Å². The molecule has 0 saturated carbocycles. The van der Waals surface area contributed by atoms with Crippen molar-refractivity contribution in [3.63, 3.8) is 0 Å². The van der Waals surface area contributed by atoms with Crippen molar-refractivity contribution in [3.05, 3.63) is 69.6 Å². The number of rotatable bonds is 6. The Balaban J connectivity index is 1.74. The molecular weight excluding hydrogens is 364 g/mol. The van der Waals surface area contributed by atoms with Crippen molar-refractivity contribution in [2.45, 2.75) is 33.0 Å². The lowest BCUT2D eigenvalue weighted by Crippen LogP contribution is -2.27. The Labute approximate surface area is 163 Å². The van der Waals surface area contributed by atoms with Gasteiger partial charge in [0.2, 0.25) is 0 Å². The second kappa shape index (κ2) is 8.21. The van der Waals surface area contributed by atoms with Crippen LogP contribution in [-0.2, 0) is 13.1 Å². The predicted octanol–water partition coefficient (Wildman–Crippen LogP) is 5.32. The lowest BCUT2D eigenvalue weighted by Gasteiger charge is -2.22. The Kier molecular flexibility index (Phi) is 5.97. The van der Waals surface area contributed by atoms with Crippen LogP contribution in [0.15, 0.2) is 48.5 Å². The Morgan fingerprint density at radius 3 is 2.46 bits per heavy atom. The van der Waals surface area contributed by atoms with Crippen molar-refractivity contribution in [1.29, 1.82) is 0 Å². The van der Waals surface area contributed by atoms with E-state index in [4.69, 9.17) is 11.6 Å². The van der Waals surface area contributed by atoms with Crippen LogP contribution in [0.3, 0.4) is 0 Å². The third-order valence-corrected chi connectivity index (χ3v) is 6.27. The van der Waals surface area contributed by atoms with Crippen LogP contribution in [0.25, 0.3) is 10.1 Å². The van der Waals surface area contributed by atoms with Gasteiger partial charge in [-0.3, -0.25) is 9.69 Å². The van der Waals surface area contributed by atoms with E-state index in [2.05, 4.69) is 43.2 Å². The van der Waals surface area contributed by atoms with Crippen molar-refractivity contribution >= 4 is 38.9 Å². The lowest BCUT2D eigenvalue weighted by molar-refractivity contribution is 0.0955. The third kappa shape index (κ3) is 4.09. The molecule has 1 aromatic heterocycles. The van der Waals surface area contributed by atoms with Crippen LogP contribution in [0.4, 0.5) is 0 Å². The van der Waals surface area contributed by atoms with E-state index in [0.29, 0.717) is 22.5 Å². The van der Waals surface area contributed by atoms with Crippen molar-refractivity contribution in [2.24, 2.45) is 0 Å². The molecule has 0 unspecified atom stereocenters. The molecule has 1 amide bonds. The van der Waals surface area contributed by atoms with Gasteiger partial charge in [-0.05, 0) is 38.1 Å². The number of carbonyl (C=O) groups excluding carboxylic acids is 1. The van der Waals surface area contributed by atoms with Gasteiger partial charge in [0.25, 0.3) is 5.91 Å². The average molecular weight is 387 g/mol. The highest BCUT2D eigenvalue weighted by Crippen LogP contribution is 2.35. The summed E-state index contributed by atoms with van der Waals surface area (Å²) in [6.45, 7) is 5.70. The molecule has 136 valence electrons. The fraction of sp³-hybridized carbons (Fsp3) is 0.286. The molecule has 0 aliphatic heterocycles. The molecule has 0 radical (unpaired) electrons. The summed E-state index contributed by atoms with van der Waals surface area (Å²) in [6, 6.07) is 16.5. The number of nitrogens with zero attached hydrogens (tertiary/aromatic N) is 1. The van der Waals surface area contributed by atoms with Crippen LogP contribution in [0.1, 0.15) is 34.6 Å². The first-order chi connectivity index (χ1) is 12.5. The molecule has 3 aromatic rings. The number of nitrogens with one attached hydrogen (secondary N) is 1. The smallest absolute Gasteiger partial charge is 0.263 e. The number of benzene rings is 2. The second-order valence-electron chi connectivity index (χ2n) is 6.70. The van der Waals surface area contributed by atoms with Gasteiger partial charge in [-0.25, -0.2) is 0 Å². The molecule has 2 aromatic carbocycles. The van der Waals surface area contributed by atoms with Gasteiger partial charge in [0.15, 0.2) is 0 Å². The number of hydrogen-bond acceptors (Lipinski definition) is 3. The minimum atomic E-state index is -0.122. The number of halogens is 1. The van der Waals surface area contributed by atoms with Gasteiger partial charge in [-0.15, -0.1) is 11.3 Å². The molecule has 0 aliphatic rings. The zero-order chi connectivity index (χ0) is 18.7. The van der Waals surface area contributed by atoms with Gasteiger partial charge in [-0.2, -0.15) is 0 Å². The topological polar surface area (TPSA) is 32.3 Å². The Morgan fingerprint density at radius 1 is 1.12 bits per heavy atom. The third-order valence-electron chi connectivity index (χ3n) is 4.60. The van der Waals surface area contributed by atoms with Crippen molar-refractivity contribution < 1.29 is 4.79 Å². The lowest BCUT2D eigenvalue weighted by atomic mass is 10.1. The standard InChI is InChI=1S/C21H23ClN2OS/c1-14(2)24(3)13-16-9-5-4-8-15(16)12-23-21(25)20-19(22)17-10-6-7-11-18(17)26-20/h4-11,14H,12-13H2,1-3H3,(H,23,25). The molecule has 0 spiro atoms. The summed E-state index contributed by atoms with van der Waals surface area (Å²) in [7, 11) is 2.11. The molecule has 0 fully saturated rings. The molecule has 5 heteroatoms. The summed E-state index contributed by atoms with van der Waals surface area (Å²) >= 11 is 7.85. The first-order valence-electron chi connectivity index (χ1n) is 8.69. The van der Waals surface area contributed by atoms with E-state index in [1.807, 2.05) is 36.4 Å². The van der Waals surface area contributed by atoms with Crippen molar-refractivity contribution in [3.8, 4) is 0 Å². The van der Waals surface area contributed by atoms with E-state index in [0.717, 1.165) is 22.2 Å². The molecular formula is C21H23ClN2OS. The summed E-state index contributed by atoms with van der Waals surface area (Å²) in [6.07, 6.45) is 0. The summed E-state index contributed by atoms with van der Waals surface area (Å²) in [5.74, 6) is -0.122. The number of amides is 1. The molecule has 0 atom stereocenters. The monoisotopic (exact) mass is 386 g/mol. The molecule has 3 rings (SSSR count). The van der Waals surface area contributed by atoms with Gasteiger partial charge in [0, 0.05) is 29.2 Å². The first-order valence-corrected chi connectivity index (χ1v) is 9.89. The highest BCUT2D eigenvalue weighted by Gasteiger charge is 2.17. The van der Waals surface area contributed by atoms with E-state index < -0.39 is 0 Å². The number of fused-ring (bicyclic) bond motifs is 1. The summed E-state index contributed by atoms with van der Waals surface area (Å²) < 4.78 is 1.03. The highest BCUT2D eigenvalue weighted by atomic mass is 35.5. The van der Waals surface area contributed by atoms with E-state index in [-0.39, 0.29) is 5.91 Å². The maximum absolute atomic E-state index is 12.7. The van der Waals surface area contributed by atoms with Crippen LogP contribution >= 0.6 is 22.9 Å². The van der Waals surface area contributed by atoms with Gasteiger partial charge in [0.05, 0.1) is 5.02 Å². The molecule has 0 bridgehead atoms. The zero-order valence-corrected chi connectivity index (χ0v) is 16.8. The first kappa shape index (κ1) is 18.9. The number of carbonyl (C=O) groups is 1. The predicted molar refractivity (Wildman–Crippen MR) is 111 cm³/mol. The Hall–Kier alpha value is -1.88. The van der Waals surface area contributed by atoms with Gasteiger partial charge in [0.1, 0.15) is 4.88 Å². The molecule has 3 nitrogen and oxygen atoms in total. The van der Waals surface area contributed by atoms with E-state index in [9.17, 15) is 4.79 Å². The van der Waals surface area contributed by atoms with E-state index in [1.165, 1.54) is 16.9 Å². The van der Waals surface area contributed by atoms with Crippen LogP contribution < -0.4 is 5.32 Å². The van der Waals surface area contributed by atoms with Crippen LogP contribution in [0.5, 0.6) is 0 Å². The maximum atomic E-state index is 12.7.